The minimum absolute atomic E-state index is 0.608. The third kappa shape index (κ3) is 37.8. The molecule has 0 heterocycles. The van der Waals surface area contributed by atoms with Crippen molar-refractivity contribution in [2.24, 2.45) is 0 Å². The number of unbranched alkanes of at least 4 members (excludes halogenated alkanes) is 20. The van der Waals surface area contributed by atoms with E-state index in [4.69, 9.17) is 23.7 Å². The number of hydrogen-bond donors (Lipinski definition) is 0. The summed E-state index contributed by atoms with van der Waals surface area (Å²) >= 11 is 0. The Labute approximate surface area is 244 Å². The van der Waals surface area contributed by atoms with Gasteiger partial charge in [-0.15, -0.1) is 0 Å². The van der Waals surface area contributed by atoms with E-state index in [1.165, 1.54) is 141 Å². The Bertz CT molecular complexity index is 371. The summed E-state index contributed by atoms with van der Waals surface area (Å²) in [5, 5.41) is 0. The topological polar surface area (TPSA) is 46.2 Å². The lowest BCUT2D eigenvalue weighted by atomic mass is 10.1. The first-order chi connectivity index (χ1) is 19.4. The average Bonchev–Trinajstić information content (AvgIpc) is 2.95. The fraction of sp³-hybridized carbons (Fsp3) is 1.00. The Morgan fingerprint density at radius 2 is 0.385 bits per heavy atom. The van der Waals surface area contributed by atoms with E-state index >= 15 is 0 Å². The third-order valence-corrected chi connectivity index (χ3v) is 7.27. The molecule has 0 fully saturated rings. The lowest BCUT2D eigenvalue weighted by molar-refractivity contribution is -0.0114. The first-order valence-corrected chi connectivity index (χ1v) is 17.3. The zero-order valence-corrected chi connectivity index (χ0v) is 26.7. The molecule has 0 spiro atoms. The highest BCUT2D eigenvalue weighted by Crippen LogP contribution is 2.12. The monoisotopic (exact) mass is 559 g/mol. The van der Waals surface area contributed by atoms with Gasteiger partial charge in [-0.25, -0.2) is 0 Å². The molecule has 5 heteroatoms. The number of rotatable bonds is 36. The van der Waals surface area contributed by atoms with Crippen molar-refractivity contribution in [3.05, 3.63) is 0 Å². The molecule has 0 rings (SSSR count). The van der Waals surface area contributed by atoms with E-state index in [0.29, 0.717) is 52.9 Å². The average molecular weight is 559 g/mol. The Balaban J connectivity index is 3.01. The van der Waals surface area contributed by atoms with E-state index < -0.39 is 0 Å². The van der Waals surface area contributed by atoms with Crippen molar-refractivity contribution in [1.29, 1.82) is 0 Å². The van der Waals surface area contributed by atoms with Crippen LogP contribution in [0.3, 0.4) is 0 Å². The van der Waals surface area contributed by atoms with Crippen molar-refractivity contribution in [3.8, 4) is 0 Å². The van der Waals surface area contributed by atoms with Crippen molar-refractivity contribution >= 4 is 0 Å². The normalized spacial score (nSPS) is 11.5. The van der Waals surface area contributed by atoms with Gasteiger partial charge in [-0.05, 0) is 12.8 Å². The summed E-state index contributed by atoms with van der Waals surface area (Å²) in [6, 6.07) is 0. The van der Waals surface area contributed by atoms with Gasteiger partial charge in [0.05, 0.1) is 52.9 Å². The lowest BCUT2D eigenvalue weighted by Crippen LogP contribution is -2.13. The Morgan fingerprint density at radius 3 is 0.615 bits per heavy atom. The highest BCUT2D eigenvalue weighted by molar-refractivity contribution is 4.49. The zero-order chi connectivity index (χ0) is 28.2. The van der Waals surface area contributed by atoms with Crippen LogP contribution in [0.2, 0.25) is 0 Å². The number of ether oxygens (including phenoxy) is 5. The fourth-order valence-corrected chi connectivity index (χ4v) is 4.72. The van der Waals surface area contributed by atoms with Crippen molar-refractivity contribution in [3.63, 3.8) is 0 Å². The fourth-order valence-electron chi connectivity index (χ4n) is 4.72. The summed E-state index contributed by atoms with van der Waals surface area (Å²) in [7, 11) is 0. The van der Waals surface area contributed by atoms with Crippen LogP contribution in [0.25, 0.3) is 0 Å². The molecule has 0 N–H and O–H groups in total. The Morgan fingerprint density at radius 1 is 0.205 bits per heavy atom. The molecule has 5 nitrogen and oxygen atoms in total. The van der Waals surface area contributed by atoms with Crippen LogP contribution in [0.15, 0.2) is 0 Å². The van der Waals surface area contributed by atoms with Gasteiger partial charge in [-0.1, -0.05) is 142 Å². The van der Waals surface area contributed by atoms with Crippen LogP contribution in [-0.4, -0.2) is 66.1 Å². The maximum atomic E-state index is 5.67. The number of hydrogen-bond acceptors (Lipinski definition) is 5. The molecule has 0 aromatic rings. The van der Waals surface area contributed by atoms with Gasteiger partial charge in [0.2, 0.25) is 0 Å². The van der Waals surface area contributed by atoms with Gasteiger partial charge in [0.15, 0.2) is 0 Å². The Kier molecular flexibility index (Phi) is 37.6. The second kappa shape index (κ2) is 37.8. The molecule has 0 aliphatic heterocycles. The van der Waals surface area contributed by atoms with Crippen LogP contribution in [-0.2, 0) is 23.7 Å². The largest absolute Gasteiger partial charge is 0.379 e. The summed E-state index contributed by atoms with van der Waals surface area (Å²) in [6.07, 6.45) is 30.1. The van der Waals surface area contributed by atoms with E-state index in [1.54, 1.807) is 0 Å². The molecule has 0 saturated carbocycles. The minimum Gasteiger partial charge on any atom is -0.379 e. The highest BCUT2D eigenvalue weighted by atomic mass is 16.6. The Hall–Kier alpha value is -0.200. The van der Waals surface area contributed by atoms with E-state index in [0.717, 1.165) is 13.2 Å². The molecule has 0 saturated heterocycles. The summed E-state index contributed by atoms with van der Waals surface area (Å²) < 4.78 is 28.0. The molecular weight excluding hydrogens is 488 g/mol. The molecule has 0 aromatic heterocycles. The van der Waals surface area contributed by atoms with Crippen molar-refractivity contribution in [2.75, 3.05) is 66.1 Å². The van der Waals surface area contributed by atoms with Gasteiger partial charge in [-0.3, -0.25) is 0 Å². The molecule has 0 unspecified atom stereocenters. The predicted molar refractivity (Wildman–Crippen MR) is 167 cm³/mol. The molecule has 0 aliphatic rings. The standard InChI is InChI=1S/C34H70O5/c1-3-5-7-9-11-13-15-17-19-21-23-25-35-27-29-37-31-33-39-34-32-38-30-28-36-26-24-22-20-18-16-14-12-10-8-6-4-2/h3-34H2,1-2H3. The summed E-state index contributed by atoms with van der Waals surface area (Å²) in [5.74, 6) is 0. The van der Waals surface area contributed by atoms with Crippen LogP contribution in [0.4, 0.5) is 0 Å². The molecule has 0 bridgehead atoms. The first-order valence-electron chi connectivity index (χ1n) is 17.3. The maximum absolute atomic E-state index is 5.67. The third-order valence-electron chi connectivity index (χ3n) is 7.27. The molecule has 0 aromatic carbocycles. The second-order valence-electron chi connectivity index (χ2n) is 11.1. The molecule has 0 atom stereocenters. The maximum Gasteiger partial charge on any atom is 0.0701 e. The second-order valence-corrected chi connectivity index (χ2v) is 11.1. The van der Waals surface area contributed by atoms with Crippen LogP contribution in [0.5, 0.6) is 0 Å². The van der Waals surface area contributed by atoms with Gasteiger partial charge >= 0.3 is 0 Å². The summed E-state index contributed by atoms with van der Waals surface area (Å²) in [6.45, 7) is 11.4. The van der Waals surface area contributed by atoms with E-state index in [1.807, 2.05) is 0 Å². The molecular formula is C34H70O5. The molecule has 236 valence electrons. The molecule has 0 amide bonds. The van der Waals surface area contributed by atoms with Crippen molar-refractivity contribution < 1.29 is 23.7 Å². The first kappa shape index (κ1) is 38.8. The summed E-state index contributed by atoms with van der Waals surface area (Å²) in [4.78, 5) is 0. The van der Waals surface area contributed by atoms with Crippen LogP contribution in [0, 0.1) is 0 Å². The minimum atomic E-state index is 0.608. The van der Waals surface area contributed by atoms with Crippen molar-refractivity contribution in [2.45, 2.75) is 155 Å². The van der Waals surface area contributed by atoms with Crippen LogP contribution in [0.1, 0.15) is 155 Å². The van der Waals surface area contributed by atoms with E-state index in [2.05, 4.69) is 13.8 Å². The van der Waals surface area contributed by atoms with Crippen LogP contribution >= 0.6 is 0 Å². The molecule has 39 heavy (non-hydrogen) atoms. The SMILES string of the molecule is CCCCCCCCCCCCCOCCOCCOCCOCCOCCCCCCCCCCCCC. The summed E-state index contributed by atoms with van der Waals surface area (Å²) in [5.41, 5.74) is 0. The predicted octanol–water partition coefficient (Wildman–Crippen LogP) is 9.69. The van der Waals surface area contributed by atoms with Crippen LogP contribution < -0.4 is 0 Å². The van der Waals surface area contributed by atoms with Gasteiger partial charge in [-0.2, -0.15) is 0 Å². The van der Waals surface area contributed by atoms with E-state index in [-0.39, 0.29) is 0 Å². The highest BCUT2D eigenvalue weighted by Gasteiger charge is 1.97. The lowest BCUT2D eigenvalue weighted by Gasteiger charge is -2.08. The smallest absolute Gasteiger partial charge is 0.0701 e. The molecule has 0 aliphatic carbocycles. The van der Waals surface area contributed by atoms with Gasteiger partial charge in [0.25, 0.3) is 0 Å². The van der Waals surface area contributed by atoms with Gasteiger partial charge in [0.1, 0.15) is 0 Å². The zero-order valence-electron chi connectivity index (χ0n) is 26.7. The van der Waals surface area contributed by atoms with Gasteiger partial charge in [0, 0.05) is 13.2 Å². The van der Waals surface area contributed by atoms with E-state index in [9.17, 15) is 0 Å². The van der Waals surface area contributed by atoms with Crippen molar-refractivity contribution in [1.82, 2.24) is 0 Å². The quantitative estimate of drug-likeness (QED) is 0.0716. The molecule has 0 radical (unpaired) electrons. The van der Waals surface area contributed by atoms with Gasteiger partial charge < -0.3 is 23.7 Å².